The number of Topliss-reactive ketones (excluding diaryl/α,β-unsaturated/α-hetero) is 1. The molecule has 1 aliphatic rings. The second-order valence-electron chi connectivity index (χ2n) is 7.84. The molecule has 0 radical (unpaired) electrons. The second-order valence-corrected chi connectivity index (χ2v) is 9.03. The number of aliphatic hydroxyl groups excluding tert-OH is 1. The SMILES string of the molecule is COc1c(Cl)cc(/C(O)=C2\C(=O)C(=O)N(c3ccc(C)c(Cl)c3)C2c2ccc(C)o2)c(OC)c1Cl. The first-order valence-corrected chi connectivity index (χ1v) is 11.5. The van der Waals surface area contributed by atoms with Gasteiger partial charge < -0.3 is 19.0 Å². The van der Waals surface area contributed by atoms with Crippen LogP contribution in [0.15, 0.2) is 46.4 Å². The van der Waals surface area contributed by atoms with Crippen LogP contribution >= 0.6 is 34.8 Å². The van der Waals surface area contributed by atoms with Gasteiger partial charge in [-0.15, -0.1) is 0 Å². The normalized spacial score (nSPS) is 17.2. The summed E-state index contributed by atoms with van der Waals surface area (Å²) in [6.45, 7) is 3.54. The fourth-order valence-electron chi connectivity index (χ4n) is 3.99. The number of carbonyl (C=O) groups excluding carboxylic acids is 2. The molecule has 2 heterocycles. The molecule has 35 heavy (non-hydrogen) atoms. The number of ketones is 1. The highest BCUT2D eigenvalue weighted by molar-refractivity contribution is 6.52. The molecule has 1 amide bonds. The Morgan fingerprint density at radius 1 is 0.971 bits per heavy atom. The molecule has 7 nitrogen and oxygen atoms in total. The van der Waals surface area contributed by atoms with Crippen molar-refractivity contribution >= 4 is 57.9 Å². The minimum atomic E-state index is -1.09. The molecule has 1 N–H and O–H groups in total. The number of benzene rings is 2. The highest BCUT2D eigenvalue weighted by Crippen LogP contribution is 2.48. The van der Waals surface area contributed by atoms with Crippen LogP contribution < -0.4 is 14.4 Å². The quantitative estimate of drug-likeness (QED) is 0.227. The highest BCUT2D eigenvalue weighted by Gasteiger charge is 2.49. The van der Waals surface area contributed by atoms with Crippen LogP contribution in [0, 0.1) is 13.8 Å². The molecule has 1 atom stereocenters. The Labute approximate surface area is 216 Å². The van der Waals surface area contributed by atoms with E-state index < -0.39 is 23.5 Å². The van der Waals surface area contributed by atoms with Gasteiger partial charge in [0, 0.05) is 10.7 Å². The smallest absolute Gasteiger partial charge is 0.300 e. The van der Waals surface area contributed by atoms with Crippen molar-refractivity contribution in [3.63, 3.8) is 0 Å². The van der Waals surface area contributed by atoms with E-state index in [-0.39, 0.29) is 38.4 Å². The van der Waals surface area contributed by atoms with E-state index in [0.29, 0.717) is 16.5 Å². The zero-order chi connectivity index (χ0) is 25.6. The fraction of sp³-hybridized carbons (Fsp3) is 0.200. The van der Waals surface area contributed by atoms with E-state index in [1.54, 1.807) is 37.3 Å². The van der Waals surface area contributed by atoms with E-state index in [9.17, 15) is 14.7 Å². The Bertz CT molecular complexity index is 1390. The Morgan fingerprint density at radius 2 is 1.66 bits per heavy atom. The fourth-order valence-corrected chi connectivity index (χ4v) is 4.85. The molecule has 182 valence electrons. The van der Waals surface area contributed by atoms with Crippen LogP contribution in [-0.2, 0) is 9.59 Å². The summed E-state index contributed by atoms with van der Waals surface area (Å²) in [5.41, 5.74) is 0.941. The van der Waals surface area contributed by atoms with E-state index in [4.69, 9.17) is 48.7 Å². The summed E-state index contributed by atoms with van der Waals surface area (Å²) in [5.74, 6) is -1.35. The van der Waals surface area contributed by atoms with Crippen LogP contribution in [0.3, 0.4) is 0 Å². The Hall–Kier alpha value is -3.13. The summed E-state index contributed by atoms with van der Waals surface area (Å²) >= 11 is 19.0. The van der Waals surface area contributed by atoms with Crippen LogP contribution in [-0.4, -0.2) is 31.0 Å². The van der Waals surface area contributed by atoms with E-state index in [1.165, 1.54) is 25.2 Å². The first-order chi connectivity index (χ1) is 16.6. The summed E-state index contributed by atoms with van der Waals surface area (Å²) in [6, 6.07) is 8.55. The number of rotatable bonds is 5. The molecule has 1 saturated heterocycles. The molecule has 0 saturated carbocycles. The van der Waals surface area contributed by atoms with Crippen molar-refractivity contribution in [1.29, 1.82) is 0 Å². The number of nitrogens with zero attached hydrogens (tertiary/aromatic N) is 1. The first-order valence-electron chi connectivity index (χ1n) is 10.3. The molecule has 1 aliphatic heterocycles. The number of hydrogen-bond acceptors (Lipinski definition) is 6. The molecule has 2 aromatic carbocycles. The second kappa shape index (κ2) is 9.49. The van der Waals surface area contributed by atoms with Gasteiger partial charge in [-0.2, -0.15) is 0 Å². The molecule has 1 unspecified atom stereocenters. The van der Waals surface area contributed by atoms with Crippen molar-refractivity contribution in [1.82, 2.24) is 0 Å². The largest absolute Gasteiger partial charge is 0.507 e. The average Bonchev–Trinajstić information content (AvgIpc) is 3.36. The minimum Gasteiger partial charge on any atom is -0.507 e. The molecule has 1 fully saturated rings. The topological polar surface area (TPSA) is 89.2 Å². The van der Waals surface area contributed by atoms with Crippen LogP contribution in [0.5, 0.6) is 11.5 Å². The van der Waals surface area contributed by atoms with E-state index in [1.807, 2.05) is 6.92 Å². The summed E-state index contributed by atoms with van der Waals surface area (Å²) in [6.07, 6.45) is 0. The number of methoxy groups -OCH3 is 2. The van der Waals surface area contributed by atoms with Gasteiger partial charge in [0.1, 0.15) is 28.3 Å². The van der Waals surface area contributed by atoms with Gasteiger partial charge in [0.05, 0.1) is 30.4 Å². The van der Waals surface area contributed by atoms with Crippen molar-refractivity contribution in [2.75, 3.05) is 19.1 Å². The van der Waals surface area contributed by atoms with Crippen LogP contribution in [0.2, 0.25) is 15.1 Å². The van der Waals surface area contributed by atoms with Gasteiger partial charge in [0.2, 0.25) is 0 Å². The maximum absolute atomic E-state index is 13.3. The predicted octanol–water partition coefficient (Wildman–Crippen LogP) is 6.50. The third-order valence-electron chi connectivity index (χ3n) is 5.70. The van der Waals surface area contributed by atoms with Gasteiger partial charge in [0.25, 0.3) is 11.7 Å². The lowest BCUT2D eigenvalue weighted by Gasteiger charge is -2.24. The standard InChI is InChI=1S/C25H20Cl3NO6/c1-11-5-7-13(9-15(11)26)29-20(17-8-6-12(2)35-17)18(22(31)25(29)32)21(30)14-10-16(27)24(34-4)19(28)23(14)33-3/h5-10,20,30H,1-4H3/b21-18+. The number of furan rings is 1. The lowest BCUT2D eigenvalue weighted by atomic mass is 9.98. The van der Waals surface area contributed by atoms with Crippen LogP contribution in [0.1, 0.15) is 28.7 Å². The summed E-state index contributed by atoms with van der Waals surface area (Å²) in [7, 11) is 2.72. The summed E-state index contributed by atoms with van der Waals surface area (Å²) in [5, 5.41) is 11.9. The number of amides is 1. The van der Waals surface area contributed by atoms with Gasteiger partial charge in [-0.25, -0.2) is 0 Å². The number of halogens is 3. The predicted molar refractivity (Wildman–Crippen MR) is 134 cm³/mol. The van der Waals surface area contributed by atoms with Crippen molar-refractivity contribution in [3.05, 3.63) is 79.7 Å². The maximum Gasteiger partial charge on any atom is 0.300 e. The Morgan fingerprint density at radius 3 is 2.23 bits per heavy atom. The average molecular weight is 537 g/mol. The van der Waals surface area contributed by atoms with Crippen LogP contribution in [0.4, 0.5) is 5.69 Å². The third kappa shape index (κ3) is 4.14. The molecule has 3 aromatic rings. The molecular weight excluding hydrogens is 517 g/mol. The molecule has 1 aromatic heterocycles. The third-order valence-corrected chi connectivity index (χ3v) is 6.73. The molecule has 0 aliphatic carbocycles. The van der Waals surface area contributed by atoms with Gasteiger partial charge >= 0.3 is 0 Å². The van der Waals surface area contributed by atoms with Crippen molar-refractivity contribution < 1.29 is 28.6 Å². The Balaban J connectivity index is 2.01. The first kappa shape index (κ1) is 25.0. The molecule has 0 spiro atoms. The van der Waals surface area contributed by atoms with Gasteiger partial charge in [0.15, 0.2) is 11.5 Å². The maximum atomic E-state index is 13.3. The molecule has 0 bridgehead atoms. The number of aryl methyl sites for hydroxylation is 2. The van der Waals surface area contributed by atoms with E-state index in [0.717, 1.165) is 5.56 Å². The van der Waals surface area contributed by atoms with Crippen molar-refractivity contribution in [3.8, 4) is 11.5 Å². The number of anilines is 1. The number of ether oxygens (including phenoxy) is 2. The van der Waals surface area contributed by atoms with E-state index in [2.05, 4.69) is 0 Å². The van der Waals surface area contributed by atoms with Crippen LogP contribution in [0.25, 0.3) is 5.76 Å². The summed E-state index contributed by atoms with van der Waals surface area (Å²) in [4.78, 5) is 27.8. The number of hydrogen-bond donors (Lipinski definition) is 1. The van der Waals surface area contributed by atoms with Crippen molar-refractivity contribution in [2.24, 2.45) is 0 Å². The van der Waals surface area contributed by atoms with Crippen molar-refractivity contribution in [2.45, 2.75) is 19.9 Å². The lowest BCUT2D eigenvalue weighted by molar-refractivity contribution is -0.132. The van der Waals surface area contributed by atoms with Gasteiger partial charge in [-0.05, 0) is 49.7 Å². The number of carbonyl (C=O) groups is 2. The van der Waals surface area contributed by atoms with E-state index >= 15 is 0 Å². The molecule has 4 rings (SSSR count). The summed E-state index contributed by atoms with van der Waals surface area (Å²) < 4.78 is 16.4. The van der Waals surface area contributed by atoms with Gasteiger partial charge in [-0.1, -0.05) is 40.9 Å². The highest BCUT2D eigenvalue weighted by atomic mass is 35.5. The number of aliphatic hydroxyl groups is 1. The Kier molecular flexibility index (Phi) is 6.77. The monoisotopic (exact) mass is 535 g/mol. The van der Waals surface area contributed by atoms with Gasteiger partial charge in [-0.3, -0.25) is 14.5 Å². The molecular formula is C25H20Cl3NO6. The lowest BCUT2D eigenvalue weighted by Crippen LogP contribution is -2.29. The minimum absolute atomic E-state index is 0.00557. The molecule has 10 heteroatoms. The zero-order valence-corrected chi connectivity index (χ0v) is 21.4. The zero-order valence-electron chi connectivity index (χ0n) is 19.1.